The molecule has 100 valence electrons. The predicted molar refractivity (Wildman–Crippen MR) is 67.0 cm³/mol. The third-order valence-corrected chi connectivity index (χ3v) is 2.65. The van der Waals surface area contributed by atoms with E-state index in [2.05, 4.69) is 4.98 Å². The van der Waals surface area contributed by atoms with Gasteiger partial charge in [0, 0.05) is 32.4 Å². The first kappa shape index (κ1) is 14.1. The Labute approximate surface area is 105 Å². The zero-order valence-electron chi connectivity index (χ0n) is 10.6. The van der Waals surface area contributed by atoms with Crippen LogP contribution in [0.3, 0.4) is 0 Å². The Balaban J connectivity index is 2.84. The molecule has 0 atom stereocenters. The number of aromatic nitrogens is 1. The van der Waals surface area contributed by atoms with E-state index in [0.29, 0.717) is 12.8 Å². The maximum absolute atomic E-state index is 10.6. The van der Waals surface area contributed by atoms with E-state index in [9.17, 15) is 9.59 Å². The number of aliphatic carboxylic acids is 2. The van der Waals surface area contributed by atoms with E-state index in [1.807, 2.05) is 19.0 Å². The fraction of sp³-hybridized carbons (Fsp3) is 0.500. The Morgan fingerprint density at radius 1 is 1.17 bits per heavy atom. The van der Waals surface area contributed by atoms with Crippen LogP contribution in [-0.2, 0) is 22.4 Å². The molecule has 0 fully saturated rings. The number of nitrogens with zero attached hydrogens (tertiary/aromatic N) is 1. The van der Waals surface area contributed by atoms with Crippen LogP contribution in [-0.4, -0.2) is 41.2 Å². The van der Waals surface area contributed by atoms with Crippen molar-refractivity contribution in [3.05, 3.63) is 17.5 Å². The molecule has 0 aromatic carbocycles. The van der Waals surface area contributed by atoms with Gasteiger partial charge in [-0.25, -0.2) is 0 Å². The number of H-pyrrole nitrogens is 1. The molecule has 0 saturated carbocycles. The second-order valence-electron chi connectivity index (χ2n) is 4.32. The fourth-order valence-corrected chi connectivity index (χ4v) is 1.92. The molecule has 0 aliphatic carbocycles. The normalized spacial score (nSPS) is 10.3. The number of carboxylic acids is 2. The lowest BCUT2D eigenvalue weighted by molar-refractivity contribution is -0.138. The van der Waals surface area contributed by atoms with Gasteiger partial charge in [-0.3, -0.25) is 9.59 Å². The van der Waals surface area contributed by atoms with Crippen molar-refractivity contribution in [1.29, 1.82) is 0 Å². The van der Waals surface area contributed by atoms with Crippen molar-refractivity contribution >= 4 is 17.6 Å². The standard InChI is InChI=1S/C12H18N2O4/c1-14(2)12-8(3-5-10(15)16)7-13-9(12)4-6-11(17)18/h7,13H,3-6H2,1-2H3,(H,15,16)(H,17,18). The summed E-state index contributed by atoms with van der Waals surface area (Å²) >= 11 is 0. The van der Waals surface area contributed by atoms with Gasteiger partial charge in [-0.15, -0.1) is 0 Å². The van der Waals surface area contributed by atoms with Crippen LogP contribution in [0.15, 0.2) is 6.20 Å². The minimum Gasteiger partial charge on any atom is -0.481 e. The summed E-state index contributed by atoms with van der Waals surface area (Å²) in [4.78, 5) is 26.1. The molecule has 18 heavy (non-hydrogen) atoms. The molecule has 0 saturated heterocycles. The van der Waals surface area contributed by atoms with Crippen LogP contribution >= 0.6 is 0 Å². The number of hydrogen-bond acceptors (Lipinski definition) is 3. The van der Waals surface area contributed by atoms with Gasteiger partial charge >= 0.3 is 11.9 Å². The molecule has 1 heterocycles. The number of nitrogens with one attached hydrogen (secondary N) is 1. The summed E-state index contributed by atoms with van der Waals surface area (Å²) in [5.41, 5.74) is 2.64. The Bertz CT molecular complexity index is 402. The maximum atomic E-state index is 10.6. The molecule has 0 aliphatic rings. The van der Waals surface area contributed by atoms with Crippen LogP contribution in [0.5, 0.6) is 0 Å². The van der Waals surface area contributed by atoms with Gasteiger partial charge in [-0.2, -0.15) is 0 Å². The predicted octanol–water partition coefficient (Wildman–Crippen LogP) is 1.12. The van der Waals surface area contributed by atoms with Crippen molar-refractivity contribution in [2.24, 2.45) is 0 Å². The summed E-state index contributed by atoms with van der Waals surface area (Å²) in [5.74, 6) is -1.69. The molecular weight excluding hydrogens is 236 g/mol. The molecule has 0 aliphatic heterocycles. The molecule has 0 amide bonds. The van der Waals surface area contributed by atoms with Crippen molar-refractivity contribution in [2.75, 3.05) is 19.0 Å². The molecule has 1 aromatic heterocycles. The van der Waals surface area contributed by atoms with Crippen LogP contribution in [0.2, 0.25) is 0 Å². The Hall–Kier alpha value is -1.98. The first-order chi connectivity index (χ1) is 8.41. The topological polar surface area (TPSA) is 93.6 Å². The molecule has 3 N–H and O–H groups in total. The fourth-order valence-electron chi connectivity index (χ4n) is 1.92. The molecule has 1 rings (SSSR count). The highest BCUT2D eigenvalue weighted by atomic mass is 16.4. The Morgan fingerprint density at radius 2 is 1.72 bits per heavy atom. The third-order valence-electron chi connectivity index (χ3n) is 2.65. The first-order valence-corrected chi connectivity index (χ1v) is 5.72. The average molecular weight is 254 g/mol. The van der Waals surface area contributed by atoms with E-state index < -0.39 is 11.9 Å². The number of aromatic amines is 1. The Kier molecular flexibility index (Phi) is 4.76. The second kappa shape index (κ2) is 6.09. The number of rotatable bonds is 7. The minimum atomic E-state index is -0.846. The summed E-state index contributed by atoms with van der Waals surface area (Å²) < 4.78 is 0. The smallest absolute Gasteiger partial charge is 0.303 e. The lowest BCUT2D eigenvalue weighted by Gasteiger charge is -2.16. The van der Waals surface area contributed by atoms with E-state index in [0.717, 1.165) is 16.9 Å². The van der Waals surface area contributed by atoms with Gasteiger partial charge in [0.25, 0.3) is 0 Å². The van der Waals surface area contributed by atoms with Gasteiger partial charge in [-0.1, -0.05) is 0 Å². The number of aryl methyl sites for hydroxylation is 2. The van der Waals surface area contributed by atoms with Crippen LogP contribution in [0.1, 0.15) is 24.1 Å². The van der Waals surface area contributed by atoms with Crippen LogP contribution in [0.4, 0.5) is 5.69 Å². The molecule has 1 aromatic rings. The second-order valence-corrected chi connectivity index (χ2v) is 4.32. The van der Waals surface area contributed by atoms with E-state index in [4.69, 9.17) is 10.2 Å². The molecule has 6 nitrogen and oxygen atoms in total. The van der Waals surface area contributed by atoms with E-state index in [1.165, 1.54) is 0 Å². The summed E-state index contributed by atoms with van der Waals surface area (Å²) in [6.07, 6.45) is 2.73. The molecule has 6 heteroatoms. The largest absolute Gasteiger partial charge is 0.481 e. The third kappa shape index (κ3) is 3.80. The van der Waals surface area contributed by atoms with Gasteiger partial charge in [0.05, 0.1) is 12.1 Å². The number of carbonyl (C=O) groups is 2. The van der Waals surface area contributed by atoms with Gasteiger partial charge < -0.3 is 20.1 Å². The molecule has 0 unspecified atom stereocenters. The highest BCUT2D eigenvalue weighted by Gasteiger charge is 2.14. The molecule has 0 radical (unpaired) electrons. The monoisotopic (exact) mass is 254 g/mol. The summed E-state index contributed by atoms with van der Waals surface area (Å²) in [6.45, 7) is 0. The molecular formula is C12H18N2O4. The van der Waals surface area contributed by atoms with Crippen LogP contribution in [0, 0.1) is 0 Å². The van der Waals surface area contributed by atoms with E-state index >= 15 is 0 Å². The summed E-state index contributed by atoms with van der Waals surface area (Å²) in [5, 5.41) is 17.4. The lowest BCUT2D eigenvalue weighted by atomic mass is 10.1. The first-order valence-electron chi connectivity index (χ1n) is 5.72. The van der Waals surface area contributed by atoms with Gasteiger partial charge in [0.15, 0.2) is 0 Å². The summed E-state index contributed by atoms with van der Waals surface area (Å²) in [6, 6.07) is 0. The van der Waals surface area contributed by atoms with E-state index in [1.54, 1.807) is 6.20 Å². The van der Waals surface area contributed by atoms with Crippen molar-refractivity contribution in [2.45, 2.75) is 25.7 Å². The van der Waals surface area contributed by atoms with Gasteiger partial charge in [0.2, 0.25) is 0 Å². The minimum absolute atomic E-state index is 0.0553. The van der Waals surface area contributed by atoms with Crippen molar-refractivity contribution in [3.8, 4) is 0 Å². The zero-order chi connectivity index (χ0) is 13.7. The van der Waals surface area contributed by atoms with E-state index in [-0.39, 0.29) is 12.8 Å². The van der Waals surface area contributed by atoms with Crippen molar-refractivity contribution < 1.29 is 19.8 Å². The van der Waals surface area contributed by atoms with Crippen molar-refractivity contribution in [3.63, 3.8) is 0 Å². The maximum Gasteiger partial charge on any atom is 0.303 e. The number of anilines is 1. The van der Waals surface area contributed by atoms with Crippen molar-refractivity contribution in [1.82, 2.24) is 4.98 Å². The average Bonchev–Trinajstić information content (AvgIpc) is 2.66. The quantitative estimate of drug-likeness (QED) is 0.677. The summed E-state index contributed by atoms with van der Waals surface area (Å²) in [7, 11) is 3.72. The van der Waals surface area contributed by atoms with Gasteiger partial charge in [0.1, 0.15) is 0 Å². The number of carboxylic acid groups (broad SMARTS) is 2. The molecule has 0 spiro atoms. The van der Waals surface area contributed by atoms with Crippen LogP contribution in [0.25, 0.3) is 0 Å². The highest BCUT2D eigenvalue weighted by molar-refractivity contribution is 5.69. The van der Waals surface area contributed by atoms with Gasteiger partial charge in [-0.05, 0) is 18.4 Å². The molecule has 0 bridgehead atoms. The van der Waals surface area contributed by atoms with Crippen LogP contribution < -0.4 is 4.90 Å². The Morgan fingerprint density at radius 3 is 2.22 bits per heavy atom. The highest BCUT2D eigenvalue weighted by Crippen LogP contribution is 2.26. The zero-order valence-corrected chi connectivity index (χ0v) is 10.6. The number of hydrogen-bond donors (Lipinski definition) is 3. The lowest BCUT2D eigenvalue weighted by Crippen LogP contribution is -2.13. The SMILES string of the molecule is CN(C)c1c(CCC(=O)O)c[nH]c1CCC(=O)O.